The molecule has 0 atom stereocenters. The van der Waals surface area contributed by atoms with Crippen LogP contribution in [-0.2, 0) is 4.79 Å². The number of pyridine rings is 1. The highest BCUT2D eigenvalue weighted by atomic mass is 32.2. The molecule has 2 aromatic carbocycles. The third-order valence-electron chi connectivity index (χ3n) is 5.48. The number of aryl methyl sites for hydroxylation is 3. The number of benzene rings is 2. The van der Waals surface area contributed by atoms with Gasteiger partial charge >= 0.3 is 0 Å². The molecular formula is C25H23N5OS2. The van der Waals surface area contributed by atoms with Crippen molar-refractivity contribution in [2.24, 2.45) is 0 Å². The van der Waals surface area contributed by atoms with Crippen LogP contribution in [-0.4, -0.2) is 31.2 Å². The SMILES string of the molecule is Cc1cc(C)c2c(c1)c(C)cc1nnc(SCCC(=O)Nc3nc(-c4ccccc4)cs3)n12. The first-order chi connectivity index (χ1) is 16.0. The van der Waals surface area contributed by atoms with Crippen LogP contribution in [0.3, 0.4) is 0 Å². The molecule has 166 valence electrons. The molecule has 0 fully saturated rings. The van der Waals surface area contributed by atoms with Gasteiger partial charge in [0, 0.05) is 28.5 Å². The van der Waals surface area contributed by atoms with Crippen LogP contribution in [0.1, 0.15) is 23.1 Å². The number of anilines is 1. The molecule has 0 unspecified atom stereocenters. The number of thioether (sulfide) groups is 1. The van der Waals surface area contributed by atoms with Crippen molar-refractivity contribution in [1.29, 1.82) is 0 Å². The van der Waals surface area contributed by atoms with Crippen molar-refractivity contribution in [3.8, 4) is 11.3 Å². The molecule has 0 bridgehead atoms. The average molecular weight is 474 g/mol. The summed E-state index contributed by atoms with van der Waals surface area (Å²) in [6.07, 6.45) is 0.363. The van der Waals surface area contributed by atoms with Gasteiger partial charge in [0.1, 0.15) is 0 Å². The Labute approximate surface area is 200 Å². The van der Waals surface area contributed by atoms with Crippen LogP contribution >= 0.6 is 23.1 Å². The van der Waals surface area contributed by atoms with Gasteiger partial charge in [-0.15, -0.1) is 21.5 Å². The van der Waals surface area contributed by atoms with Gasteiger partial charge in [0.2, 0.25) is 5.91 Å². The predicted octanol–water partition coefficient (Wildman–Crippen LogP) is 6.05. The van der Waals surface area contributed by atoms with E-state index in [2.05, 4.69) is 63.9 Å². The molecule has 0 aliphatic rings. The molecule has 1 N–H and O–H groups in total. The van der Waals surface area contributed by atoms with Gasteiger partial charge < -0.3 is 5.32 Å². The molecule has 1 amide bonds. The van der Waals surface area contributed by atoms with E-state index in [1.165, 1.54) is 33.4 Å². The highest BCUT2D eigenvalue weighted by molar-refractivity contribution is 7.99. The number of nitrogens with one attached hydrogen (secondary N) is 1. The second-order valence-corrected chi connectivity index (χ2v) is 9.95. The number of thiazole rings is 1. The van der Waals surface area contributed by atoms with E-state index in [9.17, 15) is 4.79 Å². The summed E-state index contributed by atoms with van der Waals surface area (Å²) in [6.45, 7) is 6.34. The molecule has 3 heterocycles. The van der Waals surface area contributed by atoms with Crippen LogP contribution in [0.4, 0.5) is 5.13 Å². The first-order valence-corrected chi connectivity index (χ1v) is 12.6. The molecule has 5 aromatic rings. The quantitative estimate of drug-likeness (QED) is 0.304. The minimum Gasteiger partial charge on any atom is -0.302 e. The van der Waals surface area contributed by atoms with Crippen molar-refractivity contribution in [1.82, 2.24) is 19.6 Å². The smallest absolute Gasteiger partial charge is 0.226 e. The second-order valence-electron chi connectivity index (χ2n) is 8.03. The summed E-state index contributed by atoms with van der Waals surface area (Å²) in [4.78, 5) is 17.0. The first-order valence-electron chi connectivity index (χ1n) is 10.7. The third kappa shape index (κ3) is 4.36. The van der Waals surface area contributed by atoms with Crippen LogP contribution in [0, 0.1) is 20.8 Å². The van der Waals surface area contributed by atoms with Gasteiger partial charge in [0.15, 0.2) is 15.9 Å². The van der Waals surface area contributed by atoms with Gasteiger partial charge in [0.05, 0.1) is 11.2 Å². The lowest BCUT2D eigenvalue weighted by Crippen LogP contribution is -2.12. The lowest BCUT2D eigenvalue weighted by atomic mass is 10.0. The molecule has 0 radical (unpaired) electrons. The summed E-state index contributed by atoms with van der Waals surface area (Å²) in [7, 11) is 0. The molecule has 5 rings (SSSR count). The fourth-order valence-electron chi connectivity index (χ4n) is 4.00. The number of carbonyl (C=O) groups excluding carboxylic acids is 1. The van der Waals surface area contributed by atoms with Gasteiger partial charge in [-0.05, 0) is 44.0 Å². The molecule has 3 aromatic heterocycles. The number of carbonyl (C=O) groups is 1. The Balaban J connectivity index is 1.28. The molecule has 0 aliphatic heterocycles. The maximum atomic E-state index is 12.5. The minimum absolute atomic E-state index is 0.0576. The van der Waals surface area contributed by atoms with E-state index in [1.54, 1.807) is 11.8 Å². The highest BCUT2D eigenvalue weighted by Crippen LogP contribution is 2.29. The Morgan fingerprint density at radius 1 is 1.06 bits per heavy atom. The molecule has 6 nitrogen and oxygen atoms in total. The molecule has 33 heavy (non-hydrogen) atoms. The van der Waals surface area contributed by atoms with Crippen molar-refractivity contribution in [3.63, 3.8) is 0 Å². The van der Waals surface area contributed by atoms with Crippen molar-refractivity contribution in [2.45, 2.75) is 32.3 Å². The Bertz CT molecular complexity index is 1470. The van der Waals surface area contributed by atoms with E-state index in [0.29, 0.717) is 17.3 Å². The van der Waals surface area contributed by atoms with Gasteiger partial charge in [-0.2, -0.15) is 0 Å². The maximum absolute atomic E-state index is 12.5. The summed E-state index contributed by atoms with van der Waals surface area (Å²) in [6, 6.07) is 16.4. The van der Waals surface area contributed by atoms with Gasteiger partial charge in [-0.1, -0.05) is 53.7 Å². The van der Waals surface area contributed by atoms with Crippen molar-refractivity contribution in [2.75, 3.05) is 11.1 Å². The van der Waals surface area contributed by atoms with Gasteiger partial charge in [-0.25, -0.2) is 4.98 Å². The van der Waals surface area contributed by atoms with E-state index >= 15 is 0 Å². The third-order valence-corrected chi connectivity index (χ3v) is 7.17. The largest absolute Gasteiger partial charge is 0.302 e. The summed E-state index contributed by atoms with van der Waals surface area (Å²) in [5.74, 6) is 0.543. The summed E-state index contributed by atoms with van der Waals surface area (Å²) in [5, 5.41) is 16.3. The number of nitrogens with zero attached hydrogens (tertiary/aromatic N) is 4. The average Bonchev–Trinajstić information content (AvgIpc) is 3.42. The van der Waals surface area contributed by atoms with Crippen LogP contribution in [0.25, 0.3) is 27.8 Å². The number of rotatable bonds is 6. The van der Waals surface area contributed by atoms with Gasteiger partial charge in [0.25, 0.3) is 0 Å². The fourth-order valence-corrected chi connectivity index (χ4v) is 5.62. The number of hydrogen-bond acceptors (Lipinski definition) is 6. The van der Waals surface area contributed by atoms with Crippen LogP contribution < -0.4 is 5.32 Å². The van der Waals surface area contributed by atoms with Crippen LogP contribution in [0.5, 0.6) is 0 Å². The Kier molecular flexibility index (Phi) is 5.86. The topological polar surface area (TPSA) is 72.2 Å². The van der Waals surface area contributed by atoms with Crippen LogP contribution in [0.2, 0.25) is 0 Å². The number of aromatic nitrogens is 4. The lowest BCUT2D eigenvalue weighted by molar-refractivity contribution is -0.115. The van der Waals surface area contributed by atoms with E-state index in [0.717, 1.165) is 27.6 Å². The Morgan fingerprint density at radius 2 is 1.88 bits per heavy atom. The van der Waals surface area contributed by atoms with Gasteiger partial charge in [-0.3, -0.25) is 9.20 Å². The molecule has 0 saturated heterocycles. The standard InChI is InChI=1S/C25H23N5OS2/c1-15-11-17(3)23-19(12-15)16(2)13-21-28-29-25(30(21)23)32-10-9-22(31)27-24-26-20(14-33-24)18-7-5-4-6-8-18/h4-8,11-14H,9-10H2,1-3H3,(H,26,27,31). The Hall–Kier alpha value is -3.23. The van der Waals surface area contributed by atoms with E-state index in [-0.39, 0.29) is 5.91 Å². The van der Waals surface area contributed by atoms with Crippen LogP contribution in [0.15, 0.2) is 59.1 Å². The second kappa shape index (κ2) is 8.96. The van der Waals surface area contributed by atoms with E-state index in [4.69, 9.17) is 0 Å². The van der Waals surface area contributed by atoms with E-state index < -0.39 is 0 Å². The highest BCUT2D eigenvalue weighted by Gasteiger charge is 2.15. The molecule has 8 heteroatoms. The number of fused-ring (bicyclic) bond motifs is 3. The number of hydrogen-bond donors (Lipinski definition) is 1. The monoisotopic (exact) mass is 473 g/mol. The fraction of sp³-hybridized carbons (Fsp3) is 0.200. The molecule has 0 aliphatic carbocycles. The summed E-state index contributed by atoms with van der Waals surface area (Å²) >= 11 is 2.98. The lowest BCUT2D eigenvalue weighted by Gasteiger charge is -2.11. The van der Waals surface area contributed by atoms with E-state index in [1.807, 2.05) is 35.7 Å². The zero-order valence-corrected chi connectivity index (χ0v) is 20.3. The van der Waals surface area contributed by atoms with Crippen molar-refractivity contribution < 1.29 is 4.79 Å². The normalized spacial score (nSPS) is 11.4. The Morgan fingerprint density at radius 3 is 2.70 bits per heavy atom. The minimum atomic E-state index is -0.0576. The predicted molar refractivity (Wildman–Crippen MR) is 136 cm³/mol. The summed E-state index contributed by atoms with van der Waals surface area (Å²) in [5.41, 5.74) is 7.48. The summed E-state index contributed by atoms with van der Waals surface area (Å²) < 4.78 is 2.10. The van der Waals surface area contributed by atoms with Crippen molar-refractivity contribution in [3.05, 3.63) is 70.6 Å². The first kappa shape index (κ1) is 21.6. The molecule has 0 spiro atoms. The zero-order chi connectivity index (χ0) is 22.9. The van der Waals surface area contributed by atoms with Crippen molar-refractivity contribution >= 4 is 50.7 Å². The molecular weight excluding hydrogens is 450 g/mol. The number of amides is 1. The molecule has 0 saturated carbocycles. The maximum Gasteiger partial charge on any atom is 0.226 e. The zero-order valence-electron chi connectivity index (χ0n) is 18.6.